The van der Waals surface area contributed by atoms with E-state index in [2.05, 4.69) is 66.7 Å². The predicted octanol–water partition coefficient (Wildman–Crippen LogP) is 4.87. The van der Waals surface area contributed by atoms with Crippen molar-refractivity contribution in [3.05, 3.63) is 65.2 Å². The molecule has 0 aromatic heterocycles. The summed E-state index contributed by atoms with van der Waals surface area (Å²) in [5.74, 6) is 2.10. The van der Waals surface area contributed by atoms with Crippen LogP contribution in [0.1, 0.15) is 42.5 Å². The molecule has 0 unspecified atom stereocenters. The fourth-order valence-corrected chi connectivity index (χ4v) is 4.06. The fraction of sp³-hybridized carbons (Fsp3) is 0.381. The summed E-state index contributed by atoms with van der Waals surface area (Å²) in [6.07, 6.45) is 5.17. The molecule has 3 nitrogen and oxygen atoms in total. The zero-order chi connectivity index (χ0) is 17.2. The highest BCUT2D eigenvalue weighted by atomic mass is 32.2. The number of hydrogen-bond donors (Lipinski definition) is 0. The quantitative estimate of drug-likeness (QED) is 0.767. The summed E-state index contributed by atoms with van der Waals surface area (Å²) in [5, 5.41) is 7.18. The number of rotatable bonds is 5. The van der Waals surface area contributed by atoms with Crippen LogP contribution in [-0.4, -0.2) is 29.0 Å². The number of para-hydroxylation sites is 1. The van der Waals surface area contributed by atoms with Crippen LogP contribution in [0.3, 0.4) is 0 Å². The Hall–Kier alpha value is -1.94. The van der Waals surface area contributed by atoms with E-state index in [-0.39, 0.29) is 12.3 Å². The van der Waals surface area contributed by atoms with E-state index in [1.54, 1.807) is 0 Å². The Kier molecular flexibility index (Phi) is 4.71. The Bertz CT molecular complexity index is 772. The first kappa shape index (κ1) is 16.5. The fourth-order valence-electron chi connectivity index (χ4n) is 3.63. The Balaban J connectivity index is 1.65. The first-order chi connectivity index (χ1) is 12.3. The lowest BCUT2D eigenvalue weighted by atomic mass is 9.96. The maximum absolute atomic E-state index is 6.27. The topological polar surface area (TPSA) is 24.8 Å². The lowest BCUT2D eigenvalue weighted by Crippen LogP contribution is -2.40. The molecule has 0 saturated heterocycles. The van der Waals surface area contributed by atoms with Crippen LogP contribution >= 0.6 is 11.8 Å². The summed E-state index contributed by atoms with van der Waals surface area (Å²) in [6.45, 7) is 2.19. The van der Waals surface area contributed by atoms with Crippen molar-refractivity contribution in [2.75, 3.05) is 12.0 Å². The monoisotopic (exact) mass is 352 g/mol. The molecule has 0 bridgehead atoms. The third-order valence-electron chi connectivity index (χ3n) is 5.04. The Morgan fingerprint density at radius 2 is 1.96 bits per heavy atom. The zero-order valence-electron chi connectivity index (χ0n) is 14.8. The second kappa shape index (κ2) is 7.12. The van der Waals surface area contributed by atoms with Crippen molar-refractivity contribution in [2.45, 2.75) is 38.5 Å². The van der Waals surface area contributed by atoms with Crippen LogP contribution in [0.5, 0.6) is 5.75 Å². The van der Waals surface area contributed by atoms with Crippen molar-refractivity contribution in [2.24, 2.45) is 5.10 Å². The van der Waals surface area contributed by atoms with Crippen LogP contribution in [0, 0.1) is 0 Å². The van der Waals surface area contributed by atoms with Gasteiger partial charge in [0.15, 0.2) is 6.23 Å². The van der Waals surface area contributed by atoms with E-state index in [0.717, 1.165) is 30.8 Å². The molecular weight excluding hydrogens is 328 g/mol. The number of nitrogens with zero attached hydrogens (tertiary/aromatic N) is 2. The highest BCUT2D eigenvalue weighted by molar-refractivity contribution is 7.98. The highest BCUT2D eigenvalue weighted by Crippen LogP contribution is 2.43. The third kappa shape index (κ3) is 3.15. The minimum Gasteiger partial charge on any atom is -0.469 e. The number of ether oxygens (including phenoxy) is 1. The Labute approximate surface area is 154 Å². The number of thioether (sulfide) groups is 1. The molecule has 2 aliphatic rings. The largest absolute Gasteiger partial charge is 0.469 e. The molecule has 2 aromatic rings. The average molecular weight is 353 g/mol. The Morgan fingerprint density at radius 1 is 1.16 bits per heavy atom. The van der Waals surface area contributed by atoms with E-state index >= 15 is 0 Å². The standard InChI is InChI=1S/C21H24N2OS/c1-3-15-8-10-16(11-9-15)18-14-19-17-6-4-5-7-20(17)24-21(12-13-25-2)23(19)22-18/h4-11,19,21H,3,12-14H2,1-2H3/t19-,21-/m1/s1. The predicted molar refractivity (Wildman–Crippen MR) is 105 cm³/mol. The van der Waals surface area contributed by atoms with Gasteiger partial charge in [0, 0.05) is 18.4 Å². The van der Waals surface area contributed by atoms with Crippen LogP contribution in [0.4, 0.5) is 0 Å². The van der Waals surface area contributed by atoms with Crippen LogP contribution in [0.15, 0.2) is 53.6 Å². The summed E-state index contributed by atoms with van der Waals surface area (Å²) in [4.78, 5) is 0. The van der Waals surface area contributed by atoms with Gasteiger partial charge in [-0.2, -0.15) is 16.9 Å². The van der Waals surface area contributed by atoms with Gasteiger partial charge < -0.3 is 4.74 Å². The molecule has 2 atom stereocenters. The van der Waals surface area contributed by atoms with E-state index in [9.17, 15) is 0 Å². The van der Waals surface area contributed by atoms with Crippen LogP contribution in [0.25, 0.3) is 0 Å². The van der Waals surface area contributed by atoms with Crippen molar-refractivity contribution in [1.29, 1.82) is 0 Å². The van der Waals surface area contributed by atoms with Gasteiger partial charge in [0.25, 0.3) is 0 Å². The van der Waals surface area contributed by atoms with Crippen LogP contribution in [-0.2, 0) is 6.42 Å². The first-order valence-electron chi connectivity index (χ1n) is 8.99. The molecule has 2 aromatic carbocycles. The number of aryl methyl sites for hydroxylation is 1. The van der Waals surface area contributed by atoms with Gasteiger partial charge in [-0.05, 0) is 35.6 Å². The SMILES string of the molecule is CCc1ccc(C2=NN3[C@H](C2)c2ccccc2O[C@@H]3CCSC)cc1. The summed E-state index contributed by atoms with van der Waals surface area (Å²) >= 11 is 1.86. The van der Waals surface area contributed by atoms with E-state index in [4.69, 9.17) is 9.84 Å². The van der Waals surface area contributed by atoms with Gasteiger partial charge in [0.2, 0.25) is 0 Å². The maximum atomic E-state index is 6.27. The van der Waals surface area contributed by atoms with Crippen molar-refractivity contribution in [1.82, 2.24) is 5.01 Å². The average Bonchev–Trinajstić information content (AvgIpc) is 3.12. The van der Waals surface area contributed by atoms with Gasteiger partial charge in [-0.1, -0.05) is 49.4 Å². The smallest absolute Gasteiger partial charge is 0.188 e. The second-order valence-electron chi connectivity index (χ2n) is 6.59. The number of hydrogen-bond acceptors (Lipinski definition) is 4. The van der Waals surface area contributed by atoms with Gasteiger partial charge in [0.1, 0.15) is 5.75 Å². The van der Waals surface area contributed by atoms with Crippen molar-refractivity contribution >= 4 is 17.5 Å². The molecule has 0 aliphatic carbocycles. The molecule has 0 amide bonds. The van der Waals surface area contributed by atoms with Gasteiger partial charge in [-0.3, -0.25) is 5.01 Å². The Morgan fingerprint density at radius 3 is 2.72 bits per heavy atom. The zero-order valence-corrected chi connectivity index (χ0v) is 15.6. The minimum atomic E-state index is 0.0276. The summed E-state index contributed by atoms with van der Waals surface area (Å²) in [5.41, 5.74) is 5.02. The molecular formula is C21H24N2OS. The summed E-state index contributed by atoms with van der Waals surface area (Å²) in [6, 6.07) is 17.5. The third-order valence-corrected chi connectivity index (χ3v) is 5.69. The lowest BCUT2D eigenvalue weighted by Gasteiger charge is -2.38. The first-order valence-corrected chi connectivity index (χ1v) is 10.4. The van der Waals surface area contributed by atoms with E-state index in [1.807, 2.05) is 11.8 Å². The van der Waals surface area contributed by atoms with E-state index < -0.39 is 0 Å². The minimum absolute atomic E-state index is 0.0276. The highest BCUT2D eigenvalue weighted by Gasteiger charge is 2.39. The normalized spacial score (nSPS) is 21.4. The molecule has 0 fully saturated rings. The van der Waals surface area contributed by atoms with Crippen LogP contribution < -0.4 is 4.74 Å². The molecule has 2 heterocycles. The van der Waals surface area contributed by atoms with Gasteiger partial charge in [-0.15, -0.1) is 0 Å². The molecule has 0 saturated carbocycles. The van der Waals surface area contributed by atoms with E-state index in [0.29, 0.717) is 0 Å². The molecule has 130 valence electrons. The molecule has 0 spiro atoms. The molecule has 4 rings (SSSR count). The van der Waals surface area contributed by atoms with E-state index in [1.165, 1.54) is 22.4 Å². The number of benzene rings is 2. The van der Waals surface area contributed by atoms with Crippen molar-refractivity contribution in [3.63, 3.8) is 0 Å². The summed E-state index contributed by atoms with van der Waals surface area (Å²) in [7, 11) is 0. The molecule has 0 radical (unpaired) electrons. The van der Waals surface area contributed by atoms with Crippen LogP contribution in [0.2, 0.25) is 0 Å². The number of hydrazone groups is 1. The molecule has 2 aliphatic heterocycles. The molecule has 4 heteroatoms. The van der Waals surface area contributed by atoms with Gasteiger partial charge in [-0.25, -0.2) is 0 Å². The maximum Gasteiger partial charge on any atom is 0.188 e. The second-order valence-corrected chi connectivity index (χ2v) is 7.57. The van der Waals surface area contributed by atoms with Crippen molar-refractivity contribution < 1.29 is 4.74 Å². The summed E-state index contributed by atoms with van der Waals surface area (Å²) < 4.78 is 6.27. The van der Waals surface area contributed by atoms with Crippen molar-refractivity contribution in [3.8, 4) is 5.75 Å². The molecule has 0 N–H and O–H groups in total. The number of fused-ring (bicyclic) bond motifs is 3. The van der Waals surface area contributed by atoms with Gasteiger partial charge >= 0.3 is 0 Å². The van der Waals surface area contributed by atoms with Gasteiger partial charge in [0.05, 0.1) is 11.8 Å². The molecule has 25 heavy (non-hydrogen) atoms. The lowest BCUT2D eigenvalue weighted by molar-refractivity contribution is -0.0180.